The predicted molar refractivity (Wildman–Crippen MR) is 72.3 cm³/mol. The van der Waals surface area contributed by atoms with E-state index in [1.54, 1.807) is 6.07 Å². The molecule has 0 aliphatic rings. The SMILES string of the molecule is O=C(O)c1ccnc(C(=O)NS(=O)(=O)c2ccccc2)c1. The van der Waals surface area contributed by atoms with E-state index >= 15 is 0 Å². The molecule has 0 radical (unpaired) electrons. The molecule has 0 spiro atoms. The number of aromatic carboxylic acids is 1. The zero-order valence-electron chi connectivity index (χ0n) is 10.6. The van der Waals surface area contributed by atoms with Crippen LogP contribution in [0.15, 0.2) is 53.6 Å². The Labute approximate surface area is 120 Å². The summed E-state index contributed by atoms with van der Waals surface area (Å²) in [4.78, 5) is 26.3. The van der Waals surface area contributed by atoms with Gasteiger partial charge in [0.2, 0.25) is 0 Å². The average Bonchev–Trinajstić information content (AvgIpc) is 2.48. The lowest BCUT2D eigenvalue weighted by Gasteiger charge is -2.06. The molecule has 1 aromatic heterocycles. The zero-order chi connectivity index (χ0) is 15.5. The summed E-state index contributed by atoms with van der Waals surface area (Å²) in [5, 5.41) is 8.82. The van der Waals surface area contributed by atoms with Gasteiger partial charge in [-0.15, -0.1) is 0 Å². The molecule has 2 rings (SSSR count). The molecule has 2 aromatic rings. The molecule has 1 aromatic carbocycles. The highest BCUT2D eigenvalue weighted by Gasteiger charge is 2.19. The number of hydrogen-bond donors (Lipinski definition) is 2. The number of carbonyl (C=O) groups excluding carboxylic acids is 1. The second kappa shape index (κ2) is 5.71. The molecule has 7 nitrogen and oxygen atoms in total. The molecule has 2 N–H and O–H groups in total. The van der Waals surface area contributed by atoms with Gasteiger partial charge in [0, 0.05) is 6.20 Å². The van der Waals surface area contributed by atoms with E-state index in [-0.39, 0.29) is 16.2 Å². The van der Waals surface area contributed by atoms with Crippen molar-refractivity contribution >= 4 is 21.9 Å². The fourth-order valence-electron chi connectivity index (χ4n) is 1.52. The van der Waals surface area contributed by atoms with Gasteiger partial charge in [-0.2, -0.15) is 0 Å². The van der Waals surface area contributed by atoms with Gasteiger partial charge in [0.25, 0.3) is 15.9 Å². The first-order valence-electron chi connectivity index (χ1n) is 5.72. The van der Waals surface area contributed by atoms with Gasteiger partial charge in [-0.25, -0.2) is 17.9 Å². The molecule has 0 saturated carbocycles. The molecule has 1 amide bonds. The molecule has 0 atom stereocenters. The standard InChI is InChI=1S/C13H10N2O5S/c16-12(11-8-9(13(17)18)6-7-14-11)15-21(19,20)10-4-2-1-3-5-10/h1-8H,(H,15,16)(H,17,18). The molecule has 1 heterocycles. The molecular formula is C13H10N2O5S. The molecule has 0 saturated heterocycles. The van der Waals surface area contributed by atoms with Gasteiger partial charge in [0.1, 0.15) is 5.69 Å². The smallest absolute Gasteiger partial charge is 0.335 e. The van der Waals surface area contributed by atoms with Crippen LogP contribution in [0, 0.1) is 0 Å². The number of sulfonamides is 1. The maximum Gasteiger partial charge on any atom is 0.335 e. The van der Waals surface area contributed by atoms with E-state index in [1.807, 2.05) is 4.72 Å². The van der Waals surface area contributed by atoms with Crippen LogP contribution in [0.2, 0.25) is 0 Å². The molecule has 21 heavy (non-hydrogen) atoms. The van der Waals surface area contributed by atoms with Gasteiger partial charge in [-0.05, 0) is 24.3 Å². The van der Waals surface area contributed by atoms with Crippen molar-refractivity contribution in [2.24, 2.45) is 0 Å². The lowest BCUT2D eigenvalue weighted by atomic mass is 10.2. The van der Waals surface area contributed by atoms with Crippen LogP contribution in [0.3, 0.4) is 0 Å². The third-order valence-electron chi connectivity index (χ3n) is 2.52. The minimum Gasteiger partial charge on any atom is -0.478 e. The fraction of sp³-hybridized carbons (Fsp3) is 0. The topological polar surface area (TPSA) is 113 Å². The Morgan fingerprint density at radius 3 is 2.38 bits per heavy atom. The minimum absolute atomic E-state index is 0.0762. The first-order valence-corrected chi connectivity index (χ1v) is 7.20. The monoisotopic (exact) mass is 306 g/mol. The Morgan fingerprint density at radius 1 is 1.10 bits per heavy atom. The van der Waals surface area contributed by atoms with E-state index in [1.165, 1.54) is 30.3 Å². The normalized spacial score (nSPS) is 10.9. The number of carboxylic acids is 1. The zero-order valence-corrected chi connectivity index (χ0v) is 11.4. The number of pyridine rings is 1. The maximum absolute atomic E-state index is 12.0. The van der Waals surface area contributed by atoms with Crippen LogP contribution in [-0.4, -0.2) is 30.4 Å². The Hall–Kier alpha value is -2.74. The van der Waals surface area contributed by atoms with Gasteiger partial charge in [-0.3, -0.25) is 9.78 Å². The van der Waals surface area contributed by atoms with Crippen molar-refractivity contribution in [2.45, 2.75) is 4.90 Å². The van der Waals surface area contributed by atoms with Crippen LogP contribution in [0.1, 0.15) is 20.8 Å². The molecule has 108 valence electrons. The summed E-state index contributed by atoms with van der Waals surface area (Å²) in [6.45, 7) is 0. The average molecular weight is 306 g/mol. The van der Waals surface area contributed by atoms with Crippen molar-refractivity contribution in [3.8, 4) is 0 Å². The highest BCUT2D eigenvalue weighted by molar-refractivity contribution is 7.90. The Morgan fingerprint density at radius 2 is 1.76 bits per heavy atom. The summed E-state index contributed by atoms with van der Waals surface area (Å²) < 4.78 is 25.8. The summed E-state index contributed by atoms with van der Waals surface area (Å²) in [6.07, 6.45) is 1.12. The number of benzene rings is 1. The number of nitrogens with one attached hydrogen (secondary N) is 1. The largest absolute Gasteiger partial charge is 0.478 e. The van der Waals surface area contributed by atoms with E-state index in [4.69, 9.17) is 5.11 Å². The van der Waals surface area contributed by atoms with Gasteiger partial charge in [-0.1, -0.05) is 18.2 Å². The highest BCUT2D eigenvalue weighted by atomic mass is 32.2. The van der Waals surface area contributed by atoms with Crippen molar-refractivity contribution in [1.29, 1.82) is 0 Å². The number of aromatic nitrogens is 1. The molecule has 0 fully saturated rings. The summed E-state index contributed by atoms with van der Waals surface area (Å²) in [5.74, 6) is -2.24. The molecule has 0 aliphatic heterocycles. The Balaban J connectivity index is 2.26. The number of amides is 1. The second-order valence-corrected chi connectivity index (χ2v) is 5.66. The van der Waals surface area contributed by atoms with E-state index in [9.17, 15) is 18.0 Å². The molecule has 0 bridgehead atoms. The maximum atomic E-state index is 12.0. The van der Waals surface area contributed by atoms with Gasteiger partial charge < -0.3 is 5.11 Å². The van der Waals surface area contributed by atoms with Crippen LogP contribution >= 0.6 is 0 Å². The summed E-state index contributed by atoms with van der Waals surface area (Å²) in [6, 6.07) is 9.53. The van der Waals surface area contributed by atoms with Crippen molar-refractivity contribution in [2.75, 3.05) is 0 Å². The van der Waals surface area contributed by atoms with E-state index in [0.717, 1.165) is 12.3 Å². The summed E-state index contributed by atoms with van der Waals surface area (Å²) in [7, 11) is -4.03. The number of rotatable bonds is 4. The summed E-state index contributed by atoms with van der Waals surface area (Å²) >= 11 is 0. The third-order valence-corrected chi connectivity index (χ3v) is 3.87. The van der Waals surface area contributed by atoms with Crippen LogP contribution in [-0.2, 0) is 10.0 Å². The van der Waals surface area contributed by atoms with E-state index in [0.29, 0.717) is 0 Å². The van der Waals surface area contributed by atoms with Crippen LogP contribution in [0.5, 0.6) is 0 Å². The van der Waals surface area contributed by atoms with Crippen molar-refractivity contribution in [3.05, 3.63) is 59.9 Å². The molecule has 0 aliphatic carbocycles. The van der Waals surface area contributed by atoms with Crippen molar-refractivity contribution in [3.63, 3.8) is 0 Å². The molecular weight excluding hydrogens is 296 g/mol. The first-order chi connectivity index (χ1) is 9.90. The number of carboxylic acid groups (broad SMARTS) is 1. The van der Waals surface area contributed by atoms with Crippen molar-refractivity contribution in [1.82, 2.24) is 9.71 Å². The third kappa shape index (κ3) is 3.42. The fourth-order valence-corrected chi connectivity index (χ4v) is 2.50. The van der Waals surface area contributed by atoms with Crippen LogP contribution in [0.4, 0.5) is 0 Å². The second-order valence-electron chi connectivity index (χ2n) is 3.98. The van der Waals surface area contributed by atoms with Crippen molar-refractivity contribution < 1.29 is 23.1 Å². The molecule has 0 unspecified atom stereocenters. The predicted octanol–water partition coefficient (Wildman–Crippen LogP) is 0.898. The Kier molecular flexibility index (Phi) is 3.99. The summed E-state index contributed by atoms with van der Waals surface area (Å²) in [5.41, 5.74) is -0.457. The highest BCUT2D eigenvalue weighted by Crippen LogP contribution is 2.09. The van der Waals surface area contributed by atoms with E-state index in [2.05, 4.69) is 4.98 Å². The van der Waals surface area contributed by atoms with Crippen LogP contribution < -0.4 is 4.72 Å². The van der Waals surface area contributed by atoms with Crippen LogP contribution in [0.25, 0.3) is 0 Å². The molecule has 8 heteroatoms. The minimum atomic E-state index is -4.03. The van der Waals surface area contributed by atoms with Gasteiger partial charge in [0.15, 0.2) is 0 Å². The number of nitrogens with zero attached hydrogens (tertiary/aromatic N) is 1. The Bertz CT molecular complexity index is 787. The number of carbonyl (C=O) groups is 2. The van der Waals surface area contributed by atoms with Gasteiger partial charge >= 0.3 is 5.97 Å². The number of hydrogen-bond acceptors (Lipinski definition) is 5. The van der Waals surface area contributed by atoms with E-state index < -0.39 is 21.9 Å². The first kappa shape index (κ1) is 14.7. The lowest BCUT2D eigenvalue weighted by Crippen LogP contribution is -2.31. The lowest BCUT2D eigenvalue weighted by molar-refractivity contribution is 0.0696. The van der Waals surface area contributed by atoms with Gasteiger partial charge in [0.05, 0.1) is 10.5 Å². The quantitative estimate of drug-likeness (QED) is 0.867.